The molecule has 4 nitrogen and oxygen atoms in total. The van der Waals surface area contributed by atoms with Gasteiger partial charge >= 0.3 is 5.97 Å². The Labute approximate surface area is 75.0 Å². The van der Waals surface area contributed by atoms with Crippen LogP contribution in [0.3, 0.4) is 0 Å². The minimum Gasteiger partial charge on any atom is -0.480 e. The Kier molecular flexibility index (Phi) is 5.19. The zero-order valence-corrected chi connectivity index (χ0v) is 7.56. The van der Waals surface area contributed by atoms with E-state index in [2.05, 4.69) is 11.9 Å². The molecular formula is C7H11NO3S. The fraction of sp³-hybridized carbons (Fsp3) is 0.429. The summed E-state index contributed by atoms with van der Waals surface area (Å²) >= 11 is 1.25. The van der Waals surface area contributed by atoms with E-state index in [1.54, 1.807) is 0 Å². The fourth-order valence-electron chi connectivity index (χ4n) is 0.584. The summed E-state index contributed by atoms with van der Waals surface area (Å²) in [5.41, 5.74) is 0. The monoisotopic (exact) mass is 189 g/mol. The molecule has 0 aliphatic heterocycles. The van der Waals surface area contributed by atoms with Crippen LogP contribution in [0.1, 0.15) is 6.92 Å². The summed E-state index contributed by atoms with van der Waals surface area (Å²) in [6.45, 7) is 4.71. The van der Waals surface area contributed by atoms with Crippen molar-refractivity contribution in [1.82, 2.24) is 5.32 Å². The number of carbonyl (C=O) groups excluding carboxylic acids is 1. The Bertz CT molecular complexity index is 193. The summed E-state index contributed by atoms with van der Waals surface area (Å²) in [4.78, 5) is 21.0. The lowest BCUT2D eigenvalue weighted by Gasteiger charge is -2.10. The minimum absolute atomic E-state index is 0.304. The standard InChI is InChI=1S/C7H11NO3S/c1-3-12-4-6(7(10)11)8-5(2)9/h3,6H,1,4H2,2H3,(H,8,9)(H,10,11)/t6-/m0/s1. The second-order valence-corrected chi connectivity index (χ2v) is 3.09. The van der Waals surface area contributed by atoms with Gasteiger partial charge in [0, 0.05) is 12.7 Å². The third-order valence-electron chi connectivity index (χ3n) is 1.06. The summed E-state index contributed by atoms with van der Waals surface area (Å²) in [7, 11) is 0. The second kappa shape index (κ2) is 5.65. The topological polar surface area (TPSA) is 66.4 Å². The lowest BCUT2D eigenvalue weighted by atomic mass is 10.3. The van der Waals surface area contributed by atoms with Gasteiger partial charge < -0.3 is 10.4 Å². The van der Waals surface area contributed by atoms with Gasteiger partial charge in [0.05, 0.1) is 0 Å². The van der Waals surface area contributed by atoms with E-state index >= 15 is 0 Å². The van der Waals surface area contributed by atoms with Crippen LogP contribution < -0.4 is 5.32 Å². The highest BCUT2D eigenvalue weighted by molar-refractivity contribution is 8.02. The van der Waals surface area contributed by atoms with Crippen LogP contribution in [0.25, 0.3) is 0 Å². The summed E-state index contributed by atoms with van der Waals surface area (Å²) in [5.74, 6) is -1.06. The molecule has 2 N–H and O–H groups in total. The molecule has 0 radical (unpaired) electrons. The van der Waals surface area contributed by atoms with E-state index in [-0.39, 0.29) is 5.91 Å². The van der Waals surface area contributed by atoms with Crippen LogP contribution in [-0.2, 0) is 9.59 Å². The highest BCUT2D eigenvalue weighted by Gasteiger charge is 2.16. The third kappa shape index (κ3) is 4.79. The molecule has 0 aliphatic carbocycles. The third-order valence-corrected chi connectivity index (χ3v) is 1.82. The van der Waals surface area contributed by atoms with Crippen LogP contribution in [0.4, 0.5) is 0 Å². The van der Waals surface area contributed by atoms with E-state index in [1.807, 2.05) is 0 Å². The van der Waals surface area contributed by atoms with E-state index in [9.17, 15) is 9.59 Å². The molecule has 0 aromatic heterocycles. The van der Waals surface area contributed by atoms with Gasteiger partial charge in [-0.05, 0) is 5.41 Å². The smallest absolute Gasteiger partial charge is 0.327 e. The molecule has 0 unspecified atom stereocenters. The molecule has 0 aromatic rings. The Hall–Kier alpha value is -0.970. The van der Waals surface area contributed by atoms with Gasteiger partial charge in [-0.25, -0.2) is 4.79 Å². The number of carbonyl (C=O) groups is 2. The Morgan fingerprint density at radius 1 is 1.75 bits per heavy atom. The van der Waals surface area contributed by atoms with E-state index in [1.165, 1.54) is 24.1 Å². The largest absolute Gasteiger partial charge is 0.480 e. The normalized spacial score (nSPS) is 11.8. The van der Waals surface area contributed by atoms with E-state index in [4.69, 9.17) is 5.11 Å². The number of hydrogen-bond acceptors (Lipinski definition) is 3. The second-order valence-electron chi connectivity index (χ2n) is 2.09. The van der Waals surface area contributed by atoms with Gasteiger partial charge in [-0.2, -0.15) is 0 Å². The average Bonchev–Trinajstić information content (AvgIpc) is 1.96. The molecule has 0 bridgehead atoms. The summed E-state index contributed by atoms with van der Waals surface area (Å²) in [6, 6.07) is -0.828. The van der Waals surface area contributed by atoms with Crippen molar-refractivity contribution in [3.8, 4) is 0 Å². The first-order valence-corrected chi connectivity index (χ1v) is 4.35. The first-order valence-electron chi connectivity index (χ1n) is 3.30. The van der Waals surface area contributed by atoms with Crippen molar-refractivity contribution in [3.05, 3.63) is 12.0 Å². The summed E-state index contributed by atoms with van der Waals surface area (Å²) in [5, 5.41) is 12.4. The van der Waals surface area contributed by atoms with E-state index in [0.717, 1.165) is 0 Å². The maximum Gasteiger partial charge on any atom is 0.327 e. The van der Waals surface area contributed by atoms with Gasteiger partial charge in [0.2, 0.25) is 5.91 Å². The zero-order chi connectivity index (χ0) is 9.56. The molecule has 0 heterocycles. The predicted molar refractivity (Wildman–Crippen MR) is 47.9 cm³/mol. The first-order chi connectivity index (χ1) is 5.57. The van der Waals surface area contributed by atoms with Gasteiger partial charge in [-0.15, -0.1) is 11.8 Å². The van der Waals surface area contributed by atoms with Crippen LogP contribution in [0.2, 0.25) is 0 Å². The molecule has 0 rings (SSSR count). The van der Waals surface area contributed by atoms with Crippen LogP contribution in [0.15, 0.2) is 12.0 Å². The molecule has 68 valence electrons. The van der Waals surface area contributed by atoms with Crippen molar-refractivity contribution >= 4 is 23.6 Å². The van der Waals surface area contributed by atoms with Crippen molar-refractivity contribution in [2.75, 3.05) is 5.75 Å². The van der Waals surface area contributed by atoms with E-state index < -0.39 is 12.0 Å². The number of carboxylic acids is 1. The molecular weight excluding hydrogens is 178 g/mol. The van der Waals surface area contributed by atoms with Gasteiger partial charge in [0.25, 0.3) is 0 Å². The SMILES string of the molecule is C=CSC[C@H](NC(C)=O)C(=O)O. The number of aliphatic carboxylic acids is 1. The molecule has 0 fully saturated rings. The van der Waals surface area contributed by atoms with Crippen LogP contribution in [0.5, 0.6) is 0 Å². The Morgan fingerprint density at radius 3 is 2.67 bits per heavy atom. The van der Waals surface area contributed by atoms with Gasteiger partial charge in [-0.1, -0.05) is 6.58 Å². The lowest BCUT2D eigenvalue weighted by Crippen LogP contribution is -2.41. The lowest BCUT2D eigenvalue weighted by molar-refractivity contribution is -0.140. The Balaban J connectivity index is 3.94. The quantitative estimate of drug-likeness (QED) is 0.659. The number of nitrogens with one attached hydrogen (secondary N) is 1. The number of thioether (sulfide) groups is 1. The van der Waals surface area contributed by atoms with Gasteiger partial charge in [-0.3, -0.25) is 4.79 Å². The van der Waals surface area contributed by atoms with Gasteiger partial charge in [0.1, 0.15) is 6.04 Å². The molecule has 0 saturated heterocycles. The van der Waals surface area contributed by atoms with Crippen molar-refractivity contribution in [3.63, 3.8) is 0 Å². The number of rotatable bonds is 5. The predicted octanol–water partition coefficient (Wildman–Crippen LogP) is 0.452. The molecule has 0 spiro atoms. The van der Waals surface area contributed by atoms with Crippen molar-refractivity contribution in [2.24, 2.45) is 0 Å². The van der Waals surface area contributed by atoms with Crippen LogP contribution in [-0.4, -0.2) is 28.8 Å². The molecule has 1 amide bonds. The fourth-order valence-corrected chi connectivity index (χ4v) is 1.14. The van der Waals surface area contributed by atoms with Crippen molar-refractivity contribution in [2.45, 2.75) is 13.0 Å². The highest BCUT2D eigenvalue weighted by atomic mass is 32.2. The molecule has 5 heteroatoms. The average molecular weight is 189 g/mol. The maximum absolute atomic E-state index is 10.5. The molecule has 0 aromatic carbocycles. The van der Waals surface area contributed by atoms with Crippen LogP contribution in [0, 0.1) is 0 Å². The van der Waals surface area contributed by atoms with Crippen molar-refractivity contribution < 1.29 is 14.7 Å². The maximum atomic E-state index is 10.5. The first kappa shape index (κ1) is 11.0. The number of carboxylic acid groups (broad SMARTS) is 1. The molecule has 1 atom stereocenters. The number of amides is 1. The zero-order valence-electron chi connectivity index (χ0n) is 6.74. The van der Waals surface area contributed by atoms with E-state index in [0.29, 0.717) is 5.75 Å². The minimum atomic E-state index is -1.03. The summed E-state index contributed by atoms with van der Waals surface area (Å²) in [6.07, 6.45) is 0. The number of hydrogen-bond donors (Lipinski definition) is 2. The van der Waals surface area contributed by atoms with Crippen LogP contribution >= 0.6 is 11.8 Å². The highest BCUT2D eigenvalue weighted by Crippen LogP contribution is 2.03. The molecule has 0 saturated carbocycles. The molecule has 0 aliphatic rings. The van der Waals surface area contributed by atoms with Gasteiger partial charge in [0.15, 0.2) is 0 Å². The summed E-state index contributed by atoms with van der Waals surface area (Å²) < 4.78 is 0. The Morgan fingerprint density at radius 2 is 2.33 bits per heavy atom. The molecule has 12 heavy (non-hydrogen) atoms. The van der Waals surface area contributed by atoms with Crippen molar-refractivity contribution in [1.29, 1.82) is 0 Å².